The zero-order valence-corrected chi connectivity index (χ0v) is 17.1. The number of fused-ring (bicyclic) bond motifs is 1. The molecule has 2 N–H and O–H groups in total. The highest BCUT2D eigenvalue weighted by Gasteiger charge is 2.35. The fraction of sp³-hybridized carbons (Fsp3) is 0.529. The number of aryl methyl sites for hydroxylation is 1. The van der Waals surface area contributed by atoms with Crippen LogP contribution in [-0.2, 0) is 35.1 Å². The highest BCUT2D eigenvalue weighted by Crippen LogP contribution is 2.27. The van der Waals surface area contributed by atoms with E-state index in [0.29, 0.717) is 24.1 Å². The van der Waals surface area contributed by atoms with E-state index in [0.717, 1.165) is 0 Å². The monoisotopic (exact) mass is 427 g/mol. The van der Waals surface area contributed by atoms with Gasteiger partial charge in [0.05, 0.1) is 11.7 Å². The van der Waals surface area contributed by atoms with Gasteiger partial charge in [0.25, 0.3) is 0 Å². The summed E-state index contributed by atoms with van der Waals surface area (Å²) >= 11 is 6.04. The van der Waals surface area contributed by atoms with Crippen LogP contribution in [0.25, 0.3) is 11.2 Å². The molecule has 11 nitrogen and oxygen atoms in total. The minimum atomic E-state index is -0.970. The Balaban J connectivity index is 2.29. The van der Waals surface area contributed by atoms with Crippen LogP contribution in [0.3, 0.4) is 0 Å². The van der Waals surface area contributed by atoms with Crippen molar-refractivity contribution in [3.63, 3.8) is 0 Å². The number of rotatable bonds is 9. The standard InChI is InChI=1S/C17H22ClN5O6/c1-10(24)27-6-17(7-28-11(2)25,8-29-12(3)26)4-5-23-9-20-13-14(18)21-16(19)22-15(13)23/h9H,4-8H2,1-3H3,(H2,19,21,22). The number of carbonyl (C=O) groups is 3. The van der Waals surface area contributed by atoms with Crippen molar-refractivity contribution in [2.75, 3.05) is 25.6 Å². The number of esters is 3. The second-order valence-electron chi connectivity index (χ2n) is 6.57. The van der Waals surface area contributed by atoms with E-state index in [1.54, 1.807) is 4.57 Å². The van der Waals surface area contributed by atoms with E-state index in [4.69, 9.17) is 31.5 Å². The predicted octanol–water partition coefficient (Wildman–Crippen LogP) is 1.13. The molecule has 0 saturated carbocycles. The van der Waals surface area contributed by atoms with Gasteiger partial charge in [0, 0.05) is 27.3 Å². The summed E-state index contributed by atoms with van der Waals surface area (Å²) in [6, 6.07) is 0. The largest absolute Gasteiger partial charge is 0.465 e. The molecule has 0 spiro atoms. The number of hydrogen-bond donors (Lipinski definition) is 1. The Morgan fingerprint density at radius 3 is 2.03 bits per heavy atom. The summed E-state index contributed by atoms with van der Waals surface area (Å²) in [5, 5.41) is 0.122. The summed E-state index contributed by atoms with van der Waals surface area (Å²) < 4.78 is 17.1. The van der Waals surface area contributed by atoms with E-state index >= 15 is 0 Å². The number of imidazole rings is 1. The van der Waals surface area contributed by atoms with E-state index < -0.39 is 23.3 Å². The third-order valence-corrected chi connectivity index (χ3v) is 4.33. The summed E-state index contributed by atoms with van der Waals surface area (Å²) in [5.74, 6) is -1.54. The van der Waals surface area contributed by atoms with Gasteiger partial charge in [-0.1, -0.05) is 11.6 Å². The molecule has 0 saturated heterocycles. The first-order valence-corrected chi connectivity index (χ1v) is 9.03. The zero-order chi connectivity index (χ0) is 21.6. The summed E-state index contributed by atoms with van der Waals surface area (Å²) in [7, 11) is 0. The second kappa shape index (κ2) is 9.50. The smallest absolute Gasteiger partial charge is 0.302 e. The summed E-state index contributed by atoms with van der Waals surface area (Å²) in [4.78, 5) is 46.2. The molecule has 29 heavy (non-hydrogen) atoms. The molecular weight excluding hydrogens is 406 g/mol. The Kier molecular flexibility index (Phi) is 7.32. The van der Waals surface area contributed by atoms with Gasteiger partial charge in [-0.3, -0.25) is 14.4 Å². The summed E-state index contributed by atoms with van der Waals surface area (Å²) in [6.45, 7) is 3.73. The number of anilines is 1. The van der Waals surface area contributed by atoms with Gasteiger partial charge in [-0.05, 0) is 6.42 Å². The van der Waals surface area contributed by atoms with Crippen molar-refractivity contribution in [2.24, 2.45) is 5.41 Å². The maximum Gasteiger partial charge on any atom is 0.302 e. The number of aromatic nitrogens is 4. The van der Waals surface area contributed by atoms with Crippen LogP contribution in [0.5, 0.6) is 0 Å². The van der Waals surface area contributed by atoms with E-state index in [1.165, 1.54) is 27.1 Å². The van der Waals surface area contributed by atoms with E-state index in [9.17, 15) is 14.4 Å². The fourth-order valence-corrected chi connectivity index (χ4v) is 2.77. The molecule has 0 fully saturated rings. The maximum absolute atomic E-state index is 11.4. The first kappa shape index (κ1) is 22.3. The van der Waals surface area contributed by atoms with Gasteiger partial charge in [-0.15, -0.1) is 0 Å². The summed E-state index contributed by atoms with van der Waals surface area (Å²) in [6.07, 6.45) is 1.81. The van der Waals surface area contributed by atoms with Crippen molar-refractivity contribution >= 4 is 46.6 Å². The molecule has 0 aliphatic heterocycles. The lowest BCUT2D eigenvalue weighted by Crippen LogP contribution is -2.40. The fourth-order valence-electron chi connectivity index (χ4n) is 2.55. The molecule has 158 valence electrons. The molecule has 0 aliphatic carbocycles. The van der Waals surface area contributed by atoms with Crippen LogP contribution in [-0.4, -0.2) is 57.2 Å². The van der Waals surface area contributed by atoms with E-state index in [-0.39, 0.29) is 30.9 Å². The number of halogens is 1. The highest BCUT2D eigenvalue weighted by molar-refractivity contribution is 6.33. The van der Waals surface area contributed by atoms with Crippen molar-refractivity contribution in [2.45, 2.75) is 33.7 Å². The minimum Gasteiger partial charge on any atom is -0.465 e. The number of nitrogens with zero attached hydrogens (tertiary/aromatic N) is 4. The van der Waals surface area contributed by atoms with Gasteiger partial charge in [0.1, 0.15) is 25.3 Å². The number of hydrogen-bond acceptors (Lipinski definition) is 10. The van der Waals surface area contributed by atoms with E-state index in [2.05, 4.69) is 15.0 Å². The molecule has 0 unspecified atom stereocenters. The SMILES string of the molecule is CC(=O)OCC(CCn1cnc2c(Cl)nc(N)nc21)(COC(C)=O)COC(C)=O. The van der Waals surface area contributed by atoms with E-state index in [1.807, 2.05) is 0 Å². The van der Waals surface area contributed by atoms with Gasteiger partial charge < -0.3 is 24.5 Å². The van der Waals surface area contributed by atoms with Gasteiger partial charge in [-0.25, -0.2) is 4.98 Å². The molecule has 2 aromatic heterocycles. The minimum absolute atomic E-state index is 0.00440. The Morgan fingerprint density at radius 2 is 1.55 bits per heavy atom. The third-order valence-electron chi connectivity index (χ3n) is 4.07. The van der Waals surface area contributed by atoms with Gasteiger partial charge in [0.2, 0.25) is 5.95 Å². The molecule has 0 bridgehead atoms. The molecule has 2 rings (SSSR count). The van der Waals surface area contributed by atoms with Crippen molar-refractivity contribution in [3.05, 3.63) is 11.5 Å². The molecule has 2 heterocycles. The normalized spacial score (nSPS) is 11.3. The van der Waals surface area contributed by atoms with Crippen LogP contribution < -0.4 is 5.73 Å². The Hall–Kier alpha value is -2.95. The van der Waals surface area contributed by atoms with Crippen molar-refractivity contribution in [1.82, 2.24) is 19.5 Å². The average Bonchev–Trinajstić information content (AvgIpc) is 3.03. The topological polar surface area (TPSA) is 149 Å². The van der Waals surface area contributed by atoms with Gasteiger partial charge in [-0.2, -0.15) is 9.97 Å². The molecule has 12 heteroatoms. The Bertz CT molecular complexity index is 870. The molecule has 0 radical (unpaired) electrons. The molecule has 2 aromatic rings. The van der Waals surface area contributed by atoms with Crippen molar-refractivity contribution in [1.29, 1.82) is 0 Å². The average molecular weight is 428 g/mol. The maximum atomic E-state index is 11.4. The molecule has 0 aromatic carbocycles. The number of carbonyl (C=O) groups excluding carboxylic acids is 3. The Morgan fingerprint density at radius 1 is 1.03 bits per heavy atom. The third kappa shape index (κ3) is 6.28. The van der Waals surface area contributed by atoms with Crippen LogP contribution in [0.4, 0.5) is 5.95 Å². The van der Waals surface area contributed by atoms with Crippen LogP contribution in [0, 0.1) is 5.41 Å². The predicted molar refractivity (Wildman–Crippen MR) is 102 cm³/mol. The number of ether oxygens (including phenoxy) is 3. The lowest BCUT2D eigenvalue weighted by atomic mass is 9.86. The molecule has 0 amide bonds. The highest BCUT2D eigenvalue weighted by atomic mass is 35.5. The Labute approximate surface area is 171 Å². The van der Waals surface area contributed by atoms with Gasteiger partial charge >= 0.3 is 17.9 Å². The quantitative estimate of drug-likeness (QED) is 0.350. The summed E-state index contributed by atoms with van der Waals surface area (Å²) in [5.41, 5.74) is 5.49. The van der Waals surface area contributed by atoms with Crippen molar-refractivity contribution in [3.8, 4) is 0 Å². The molecular formula is C17H22ClN5O6. The molecule has 0 aliphatic rings. The first-order chi connectivity index (χ1) is 13.6. The van der Waals surface area contributed by atoms with Crippen LogP contribution in [0.2, 0.25) is 5.15 Å². The van der Waals surface area contributed by atoms with Crippen molar-refractivity contribution < 1.29 is 28.6 Å². The lowest BCUT2D eigenvalue weighted by Gasteiger charge is -2.32. The van der Waals surface area contributed by atoms with Crippen LogP contribution in [0.1, 0.15) is 27.2 Å². The van der Waals surface area contributed by atoms with Crippen LogP contribution in [0.15, 0.2) is 6.33 Å². The number of nitrogens with two attached hydrogens (primary N) is 1. The van der Waals surface area contributed by atoms with Gasteiger partial charge in [0.15, 0.2) is 10.8 Å². The molecule has 0 atom stereocenters. The number of nitrogen functional groups attached to an aromatic ring is 1. The zero-order valence-electron chi connectivity index (χ0n) is 16.3. The first-order valence-electron chi connectivity index (χ1n) is 8.66. The second-order valence-corrected chi connectivity index (χ2v) is 6.93. The van der Waals surface area contributed by atoms with Crippen LogP contribution >= 0.6 is 11.6 Å². The lowest BCUT2D eigenvalue weighted by molar-refractivity contribution is -0.160.